The van der Waals surface area contributed by atoms with Crippen molar-refractivity contribution in [3.05, 3.63) is 65.2 Å². The molecule has 0 aromatic heterocycles. The summed E-state index contributed by atoms with van der Waals surface area (Å²) in [6.07, 6.45) is 2.65. The number of amides is 1. The zero-order chi connectivity index (χ0) is 21.8. The zero-order valence-electron chi connectivity index (χ0n) is 19.1. The molecule has 2 atom stereocenters. The van der Waals surface area contributed by atoms with Crippen LogP contribution in [0.2, 0.25) is 0 Å². The highest BCUT2D eigenvalue weighted by atomic mass is 16.5. The van der Waals surface area contributed by atoms with E-state index in [4.69, 9.17) is 4.74 Å². The van der Waals surface area contributed by atoms with E-state index in [1.807, 2.05) is 12.1 Å². The first-order chi connectivity index (χ1) is 15.0. The lowest BCUT2D eigenvalue weighted by molar-refractivity contribution is -0.131. The largest absolute Gasteiger partial charge is 0.492 e. The highest BCUT2D eigenvalue weighted by molar-refractivity contribution is 5.79. The van der Waals surface area contributed by atoms with Crippen LogP contribution in [0.3, 0.4) is 0 Å². The van der Waals surface area contributed by atoms with E-state index in [0.717, 1.165) is 50.3 Å². The molecule has 166 valence electrons. The van der Waals surface area contributed by atoms with E-state index in [1.165, 1.54) is 11.1 Å². The van der Waals surface area contributed by atoms with Crippen LogP contribution in [0.15, 0.2) is 48.5 Å². The van der Waals surface area contributed by atoms with Crippen molar-refractivity contribution in [3.63, 3.8) is 0 Å². The van der Waals surface area contributed by atoms with Gasteiger partial charge < -0.3 is 14.5 Å². The smallest absolute Gasteiger partial charge is 0.227 e. The molecule has 2 aromatic rings. The Balaban J connectivity index is 1.48. The van der Waals surface area contributed by atoms with Gasteiger partial charge in [0.15, 0.2) is 0 Å². The van der Waals surface area contributed by atoms with Gasteiger partial charge in [-0.1, -0.05) is 48.0 Å². The SMILES string of the molecule is Cc1cccc(CC(=O)N2CCC[C@@H]2CN2Cc3ccccc3OC[C@H]2CN(C)C)c1. The van der Waals surface area contributed by atoms with Gasteiger partial charge in [0.05, 0.1) is 12.5 Å². The van der Waals surface area contributed by atoms with Gasteiger partial charge in [0.2, 0.25) is 5.91 Å². The summed E-state index contributed by atoms with van der Waals surface area (Å²) in [4.78, 5) is 20.1. The van der Waals surface area contributed by atoms with Gasteiger partial charge in [-0.3, -0.25) is 9.69 Å². The van der Waals surface area contributed by atoms with Crippen LogP contribution in [0.1, 0.15) is 29.5 Å². The van der Waals surface area contributed by atoms with Crippen LogP contribution in [-0.4, -0.2) is 73.0 Å². The lowest BCUT2D eigenvalue weighted by atomic mass is 10.1. The standard InChI is InChI=1S/C26H35N3O2/c1-20-8-6-9-21(14-20)15-26(30)29-13-7-11-23(29)18-28-16-22-10-4-5-12-25(22)31-19-24(28)17-27(2)3/h4-6,8-10,12,14,23-24H,7,11,13,15-19H2,1-3H3/t23-,24-/m1/s1. The first kappa shape index (κ1) is 21.8. The molecule has 0 aliphatic carbocycles. The lowest BCUT2D eigenvalue weighted by Crippen LogP contribution is -2.50. The maximum atomic E-state index is 13.2. The molecule has 0 bridgehead atoms. The molecule has 5 heteroatoms. The molecule has 2 aliphatic heterocycles. The summed E-state index contributed by atoms with van der Waals surface area (Å²) >= 11 is 0. The molecule has 0 N–H and O–H groups in total. The summed E-state index contributed by atoms with van der Waals surface area (Å²) in [6.45, 7) is 6.34. The summed E-state index contributed by atoms with van der Waals surface area (Å²) < 4.78 is 6.17. The Kier molecular flexibility index (Phi) is 6.93. The van der Waals surface area contributed by atoms with Gasteiger partial charge in [0.1, 0.15) is 12.4 Å². The van der Waals surface area contributed by atoms with Gasteiger partial charge in [0.25, 0.3) is 0 Å². The third-order valence-electron chi connectivity index (χ3n) is 6.45. The predicted octanol–water partition coefficient (Wildman–Crippen LogP) is 3.35. The maximum absolute atomic E-state index is 13.2. The van der Waals surface area contributed by atoms with Crippen LogP contribution in [-0.2, 0) is 17.8 Å². The summed E-state index contributed by atoms with van der Waals surface area (Å²) in [7, 11) is 4.23. The van der Waals surface area contributed by atoms with E-state index < -0.39 is 0 Å². The molecule has 2 aromatic carbocycles. The number of hydrogen-bond acceptors (Lipinski definition) is 4. The van der Waals surface area contributed by atoms with E-state index >= 15 is 0 Å². The number of likely N-dealkylation sites (tertiary alicyclic amines) is 1. The van der Waals surface area contributed by atoms with Gasteiger partial charge in [-0.25, -0.2) is 0 Å². The molecule has 2 aliphatic rings. The minimum atomic E-state index is 0.253. The van der Waals surface area contributed by atoms with Gasteiger partial charge >= 0.3 is 0 Å². The summed E-state index contributed by atoms with van der Waals surface area (Å²) in [5.74, 6) is 1.25. The quantitative estimate of drug-likeness (QED) is 0.717. The van der Waals surface area contributed by atoms with Crippen molar-refractivity contribution in [1.29, 1.82) is 0 Å². The van der Waals surface area contributed by atoms with Gasteiger partial charge in [-0.05, 0) is 45.5 Å². The number of ether oxygens (including phenoxy) is 1. The van der Waals surface area contributed by atoms with Crippen LogP contribution in [0.25, 0.3) is 0 Å². The number of para-hydroxylation sites is 1. The van der Waals surface area contributed by atoms with Crippen molar-refractivity contribution in [2.24, 2.45) is 0 Å². The second-order valence-electron chi connectivity index (χ2n) is 9.31. The molecule has 0 saturated carbocycles. The molecular formula is C26H35N3O2. The van der Waals surface area contributed by atoms with Crippen molar-refractivity contribution in [1.82, 2.24) is 14.7 Å². The second-order valence-corrected chi connectivity index (χ2v) is 9.31. The van der Waals surface area contributed by atoms with E-state index in [9.17, 15) is 4.79 Å². The third-order valence-corrected chi connectivity index (χ3v) is 6.45. The number of likely N-dealkylation sites (N-methyl/N-ethyl adjacent to an activating group) is 1. The number of nitrogens with zero attached hydrogens (tertiary/aromatic N) is 3. The first-order valence-corrected chi connectivity index (χ1v) is 11.4. The number of carbonyl (C=O) groups is 1. The Morgan fingerprint density at radius 1 is 1.13 bits per heavy atom. The zero-order valence-corrected chi connectivity index (χ0v) is 19.1. The highest BCUT2D eigenvalue weighted by Gasteiger charge is 2.33. The van der Waals surface area contributed by atoms with Crippen LogP contribution in [0, 0.1) is 6.92 Å². The molecule has 0 radical (unpaired) electrons. The molecule has 4 rings (SSSR count). The minimum absolute atomic E-state index is 0.253. The lowest BCUT2D eigenvalue weighted by Gasteiger charge is -2.35. The number of fused-ring (bicyclic) bond motifs is 1. The monoisotopic (exact) mass is 421 g/mol. The molecule has 31 heavy (non-hydrogen) atoms. The fraction of sp³-hybridized carbons (Fsp3) is 0.500. The molecule has 2 heterocycles. The van der Waals surface area contributed by atoms with E-state index in [-0.39, 0.29) is 11.9 Å². The molecule has 1 amide bonds. The van der Waals surface area contributed by atoms with Crippen molar-refractivity contribution < 1.29 is 9.53 Å². The van der Waals surface area contributed by atoms with Crippen molar-refractivity contribution >= 4 is 5.91 Å². The second kappa shape index (κ2) is 9.84. The topological polar surface area (TPSA) is 36.0 Å². The van der Waals surface area contributed by atoms with Crippen molar-refractivity contribution in [2.45, 2.75) is 44.8 Å². The Labute approximate surface area is 186 Å². The minimum Gasteiger partial charge on any atom is -0.492 e. The molecule has 0 unspecified atom stereocenters. The van der Waals surface area contributed by atoms with E-state index in [2.05, 4.69) is 72.1 Å². The molecule has 5 nitrogen and oxygen atoms in total. The summed E-state index contributed by atoms with van der Waals surface area (Å²) in [6, 6.07) is 17.2. The average molecular weight is 422 g/mol. The first-order valence-electron chi connectivity index (χ1n) is 11.4. The average Bonchev–Trinajstić information content (AvgIpc) is 3.12. The van der Waals surface area contributed by atoms with Crippen molar-refractivity contribution in [3.8, 4) is 5.75 Å². The number of aryl methyl sites for hydroxylation is 1. The normalized spacial score (nSPS) is 21.6. The fourth-order valence-electron chi connectivity index (χ4n) is 4.94. The van der Waals surface area contributed by atoms with Gasteiger partial charge in [-0.2, -0.15) is 0 Å². The molecule has 0 spiro atoms. The number of rotatable bonds is 6. The van der Waals surface area contributed by atoms with Crippen LogP contribution >= 0.6 is 0 Å². The summed E-state index contributed by atoms with van der Waals surface area (Å²) in [5, 5.41) is 0. The van der Waals surface area contributed by atoms with Crippen molar-refractivity contribution in [2.75, 3.05) is 40.3 Å². The molecular weight excluding hydrogens is 386 g/mol. The Bertz CT molecular complexity index is 898. The highest BCUT2D eigenvalue weighted by Crippen LogP contribution is 2.27. The number of benzene rings is 2. The molecule has 1 saturated heterocycles. The van der Waals surface area contributed by atoms with Crippen LogP contribution in [0.4, 0.5) is 0 Å². The van der Waals surface area contributed by atoms with Crippen LogP contribution in [0.5, 0.6) is 5.75 Å². The van der Waals surface area contributed by atoms with E-state index in [0.29, 0.717) is 19.1 Å². The van der Waals surface area contributed by atoms with Gasteiger partial charge in [0, 0.05) is 37.8 Å². The Morgan fingerprint density at radius 2 is 1.97 bits per heavy atom. The Morgan fingerprint density at radius 3 is 2.77 bits per heavy atom. The third kappa shape index (κ3) is 5.46. The molecule has 1 fully saturated rings. The number of carbonyl (C=O) groups excluding carboxylic acids is 1. The van der Waals surface area contributed by atoms with E-state index in [1.54, 1.807) is 0 Å². The maximum Gasteiger partial charge on any atom is 0.227 e. The summed E-state index contributed by atoms with van der Waals surface area (Å²) in [5.41, 5.74) is 3.55. The van der Waals surface area contributed by atoms with Crippen LogP contribution < -0.4 is 4.74 Å². The van der Waals surface area contributed by atoms with Gasteiger partial charge in [-0.15, -0.1) is 0 Å². The number of hydrogen-bond donors (Lipinski definition) is 0. The predicted molar refractivity (Wildman–Crippen MR) is 124 cm³/mol. The fourth-order valence-corrected chi connectivity index (χ4v) is 4.94. The Hall–Kier alpha value is -2.37.